The smallest absolute Gasteiger partial charge is 0.411 e. The minimum atomic E-state index is -1.36. The average Bonchev–Trinajstić information content (AvgIpc) is 3.41. The normalized spacial score (nSPS) is 17.6. The van der Waals surface area contributed by atoms with Crippen LogP contribution < -0.4 is 15.5 Å². The third-order valence-electron chi connectivity index (χ3n) is 5.84. The van der Waals surface area contributed by atoms with E-state index in [1.807, 2.05) is 0 Å². The van der Waals surface area contributed by atoms with Gasteiger partial charge in [0.2, 0.25) is 5.91 Å². The van der Waals surface area contributed by atoms with Crippen molar-refractivity contribution in [1.29, 1.82) is 0 Å². The van der Waals surface area contributed by atoms with Gasteiger partial charge in [-0.3, -0.25) is 14.5 Å². The molecule has 0 heterocycles. The number of carbonyl (C=O) groups is 3. The standard InChI is InChI=1S/C25H18Cl5N3O4/c1-33(24(36)37)17-4-2-3-15(10-17)31-22(34)18-11-16(5-6-19(18)28)32-23(35)21-20(25(21,29)30)12-7-13(26)9-14(27)8-12/h2-11,20-21H,1H3,(H,31,34)(H,32,35)(H,36,37). The molecule has 0 radical (unpaired) electrons. The number of nitrogens with one attached hydrogen (secondary N) is 2. The molecule has 0 saturated heterocycles. The van der Waals surface area contributed by atoms with Gasteiger partial charge in [0.05, 0.1) is 16.5 Å². The predicted octanol–water partition coefficient (Wildman–Crippen LogP) is 7.54. The summed E-state index contributed by atoms with van der Waals surface area (Å²) in [5, 5.41) is 15.5. The summed E-state index contributed by atoms with van der Waals surface area (Å²) >= 11 is 31.2. The Labute approximate surface area is 237 Å². The molecule has 1 saturated carbocycles. The number of hydrogen-bond acceptors (Lipinski definition) is 3. The summed E-state index contributed by atoms with van der Waals surface area (Å²) in [6, 6.07) is 15.6. The van der Waals surface area contributed by atoms with Gasteiger partial charge in [-0.1, -0.05) is 40.9 Å². The second kappa shape index (κ2) is 10.6. The van der Waals surface area contributed by atoms with E-state index >= 15 is 0 Å². The summed E-state index contributed by atoms with van der Waals surface area (Å²) in [7, 11) is 1.38. The van der Waals surface area contributed by atoms with Crippen LogP contribution in [0.1, 0.15) is 21.8 Å². The number of alkyl halides is 2. The van der Waals surface area contributed by atoms with Gasteiger partial charge in [-0.15, -0.1) is 23.2 Å². The molecular formula is C25H18Cl5N3O4. The van der Waals surface area contributed by atoms with E-state index in [2.05, 4.69) is 10.6 Å². The van der Waals surface area contributed by atoms with Gasteiger partial charge in [-0.25, -0.2) is 4.79 Å². The molecule has 3 amide bonds. The van der Waals surface area contributed by atoms with E-state index in [0.29, 0.717) is 32.7 Å². The quantitative estimate of drug-likeness (QED) is 0.254. The largest absolute Gasteiger partial charge is 0.465 e. The highest BCUT2D eigenvalue weighted by atomic mass is 35.5. The maximum absolute atomic E-state index is 13.0. The van der Waals surface area contributed by atoms with Crippen LogP contribution in [0.4, 0.5) is 21.9 Å². The Morgan fingerprint density at radius 1 is 0.892 bits per heavy atom. The third kappa shape index (κ3) is 5.92. The van der Waals surface area contributed by atoms with Crippen LogP contribution in [0.15, 0.2) is 60.7 Å². The van der Waals surface area contributed by atoms with Crippen LogP contribution in [0.5, 0.6) is 0 Å². The molecule has 1 fully saturated rings. The van der Waals surface area contributed by atoms with Crippen molar-refractivity contribution < 1.29 is 19.5 Å². The molecule has 7 nitrogen and oxygen atoms in total. The van der Waals surface area contributed by atoms with Gasteiger partial charge in [0.1, 0.15) is 4.33 Å². The number of carbonyl (C=O) groups excluding carboxylic acids is 2. The van der Waals surface area contributed by atoms with Crippen molar-refractivity contribution in [2.75, 3.05) is 22.6 Å². The second-order valence-electron chi connectivity index (χ2n) is 8.36. The molecule has 12 heteroatoms. The first-order chi connectivity index (χ1) is 17.4. The zero-order valence-corrected chi connectivity index (χ0v) is 22.7. The molecule has 1 aliphatic rings. The van der Waals surface area contributed by atoms with E-state index < -0.39 is 34.1 Å². The number of halogens is 5. The van der Waals surface area contributed by atoms with Crippen LogP contribution in [0, 0.1) is 5.92 Å². The Morgan fingerprint density at radius 2 is 1.54 bits per heavy atom. The molecule has 0 aliphatic heterocycles. The number of benzene rings is 3. The van der Waals surface area contributed by atoms with Crippen LogP contribution in [0.25, 0.3) is 0 Å². The van der Waals surface area contributed by atoms with E-state index in [1.54, 1.807) is 36.4 Å². The number of amides is 3. The monoisotopic (exact) mass is 599 g/mol. The highest BCUT2D eigenvalue weighted by molar-refractivity contribution is 6.53. The number of anilines is 3. The van der Waals surface area contributed by atoms with E-state index in [1.165, 1.54) is 31.3 Å². The van der Waals surface area contributed by atoms with Gasteiger partial charge < -0.3 is 15.7 Å². The third-order valence-corrected chi connectivity index (χ3v) is 7.54. The van der Waals surface area contributed by atoms with Crippen molar-refractivity contribution in [3.63, 3.8) is 0 Å². The first-order valence-corrected chi connectivity index (χ1v) is 12.6. The zero-order valence-electron chi connectivity index (χ0n) is 18.9. The predicted molar refractivity (Wildman–Crippen MR) is 148 cm³/mol. The number of hydrogen-bond donors (Lipinski definition) is 3. The van der Waals surface area contributed by atoms with Crippen LogP contribution in [0.3, 0.4) is 0 Å². The highest BCUT2D eigenvalue weighted by Gasteiger charge is 2.67. The summed E-state index contributed by atoms with van der Waals surface area (Å²) in [6.07, 6.45) is -1.15. The Morgan fingerprint density at radius 3 is 2.19 bits per heavy atom. The van der Waals surface area contributed by atoms with Crippen molar-refractivity contribution >= 4 is 93.0 Å². The van der Waals surface area contributed by atoms with Crippen LogP contribution >= 0.6 is 58.0 Å². The fourth-order valence-electron chi connectivity index (χ4n) is 3.92. The Balaban J connectivity index is 1.50. The molecular weight excluding hydrogens is 584 g/mol. The minimum absolute atomic E-state index is 0.0911. The van der Waals surface area contributed by atoms with Crippen molar-refractivity contribution in [2.24, 2.45) is 5.92 Å². The molecule has 2 atom stereocenters. The summed E-state index contributed by atoms with van der Waals surface area (Å²) in [6.45, 7) is 0. The molecule has 3 aromatic rings. The van der Waals surface area contributed by atoms with Crippen molar-refractivity contribution in [3.05, 3.63) is 86.9 Å². The number of carboxylic acid groups (broad SMARTS) is 1. The number of nitrogens with zero attached hydrogens (tertiary/aromatic N) is 1. The van der Waals surface area contributed by atoms with Crippen LogP contribution in [-0.4, -0.2) is 34.4 Å². The molecule has 3 aromatic carbocycles. The fourth-order valence-corrected chi connectivity index (χ4v) is 5.50. The van der Waals surface area contributed by atoms with E-state index in [0.717, 1.165) is 4.90 Å². The van der Waals surface area contributed by atoms with Crippen LogP contribution in [-0.2, 0) is 4.79 Å². The van der Waals surface area contributed by atoms with Gasteiger partial charge in [-0.2, -0.15) is 0 Å². The minimum Gasteiger partial charge on any atom is -0.465 e. The highest BCUT2D eigenvalue weighted by Crippen LogP contribution is 2.65. The lowest BCUT2D eigenvalue weighted by molar-refractivity contribution is -0.117. The molecule has 37 heavy (non-hydrogen) atoms. The molecule has 192 valence electrons. The van der Waals surface area contributed by atoms with E-state index in [-0.39, 0.29) is 10.6 Å². The summed E-state index contributed by atoms with van der Waals surface area (Å²) in [5.74, 6) is -2.33. The first kappa shape index (κ1) is 27.4. The fraction of sp³-hybridized carbons (Fsp3) is 0.160. The molecule has 4 rings (SSSR count). The Hall–Kier alpha value is -2.68. The molecule has 2 unspecified atom stereocenters. The van der Waals surface area contributed by atoms with Gasteiger partial charge >= 0.3 is 6.09 Å². The van der Waals surface area contributed by atoms with Gasteiger partial charge in [0.15, 0.2) is 0 Å². The van der Waals surface area contributed by atoms with E-state index in [4.69, 9.17) is 63.1 Å². The SMILES string of the molecule is CN(C(=O)O)c1cccc(NC(=O)c2cc(NC(=O)C3C(c4cc(Cl)cc(Cl)c4)C3(Cl)Cl)ccc2Cl)c1. The lowest BCUT2D eigenvalue weighted by Crippen LogP contribution is -2.23. The summed E-state index contributed by atoms with van der Waals surface area (Å²) < 4.78 is -1.36. The van der Waals surface area contributed by atoms with Crippen molar-refractivity contribution in [3.8, 4) is 0 Å². The van der Waals surface area contributed by atoms with Crippen molar-refractivity contribution in [2.45, 2.75) is 10.3 Å². The van der Waals surface area contributed by atoms with Crippen LogP contribution in [0.2, 0.25) is 15.1 Å². The van der Waals surface area contributed by atoms with Gasteiger partial charge in [0.25, 0.3) is 5.91 Å². The second-order valence-corrected chi connectivity index (χ2v) is 11.1. The maximum atomic E-state index is 13.0. The van der Waals surface area contributed by atoms with Gasteiger partial charge in [0, 0.05) is 40.1 Å². The first-order valence-electron chi connectivity index (χ1n) is 10.7. The Kier molecular flexibility index (Phi) is 7.83. The van der Waals surface area contributed by atoms with E-state index in [9.17, 15) is 14.4 Å². The topological polar surface area (TPSA) is 98.7 Å². The van der Waals surface area contributed by atoms with Gasteiger partial charge in [-0.05, 0) is 60.2 Å². The lowest BCUT2D eigenvalue weighted by Gasteiger charge is -2.15. The molecule has 0 bridgehead atoms. The summed E-state index contributed by atoms with van der Waals surface area (Å²) in [5.41, 5.74) is 1.75. The maximum Gasteiger partial charge on any atom is 0.411 e. The molecule has 0 aromatic heterocycles. The average molecular weight is 602 g/mol. The molecule has 3 N–H and O–H groups in total. The molecule has 0 spiro atoms. The number of rotatable bonds is 6. The lowest BCUT2D eigenvalue weighted by atomic mass is 10.1. The zero-order chi connectivity index (χ0) is 27.1. The van der Waals surface area contributed by atoms with Crippen molar-refractivity contribution in [1.82, 2.24) is 0 Å². The summed E-state index contributed by atoms with van der Waals surface area (Å²) in [4.78, 5) is 38.2. The molecule has 1 aliphatic carbocycles. The Bertz CT molecular complexity index is 1390.